The summed E-state index contributed by atoms with van der Waals surface area (Å²) in [7, 11) is 1.60. The van der Waals surface area contributed by atoms with Crippen LogP contribution >= 0.6 is 27.5 Å². The molecule has 0 spiro atoms. The van der Waals surface area contributed by atoms with E-state index in [9.17, 15) is 4.39 Å². The molecule has 21 heavy (non-hydrogen) atoms. The molecule has 0 radical (unpaired) electrons. The molecule has 0 aliphatic rings. The molecule has 0 bridgehead atoms. The number of benzene rings is 2. The van der Waals surface area contributed by atoms with Crippen LogP contribution in [0, 0.1) is 5.82 Å². The Morgan fingerprint density at radius 3 is 2.67 bits per heavy atom. The first-order valence-corrected chi connectivity index (χ1v) is 7.45. The molecule has 1 unspecified atom stereocenters. The van der Waals surface area contributed by atoms with E-state index in [1.165, 1.54) is 6.07 Å². The average Bonchev–Trinajstić information content (AvgIpc) is 2.45. The lowest BCUT2D eigenvalue weighted by Crippen LogP contribution is -2.30. The summed E-state index contributed by atoms with van der Waals surface area (Å²) >= 11 is 9.20. The van der Waals surface area contributed by atoms with Crippen molar-refractivity contribution in [3.63, 3.8) is 0 Å². The summed E-state index contributed by atoms with van der Waals surface area (Å²) < 4.78 is 20.0. The van der Waals surface area contributed by atoms with Crippen LogP contribution < -0.4 is 16.0 Å². The molecule has 1 atom stereocenters. The SMILES string of the molecule is COc1ccc(CC(NN)c2ccc(Cl)cc2F)cc1Br. The zero-order valence-electron chi connectivity index (χ0n) is 11.4. The predicted octanol–water partition coefficient (Wildman–Crippen LogP) is 4.00. The second-order valence-electron chi connectivity index (χ2n) is 4.56. The normalized spacial score (nSPS) is 12.2. The lowest BCUT2D eigenvalue weighted by atomic mass is 9.99. The molecule has 0 heterocycles. The third-order valence-corrected chi connectivity index (χ3v) is 4.05. The van der Waals surface area contributed by atoms with Gasteiger partial charge in [-0.25, -0.2) is 4.39 Å². The summed E-state index contributed by atoms with van der Waals surface area (Å²) in [4.78, 5) is 0. The Bertz CT molecular complexity index is 639. The summed E-state index contributed by atoms with van der Waals surface area (Å²) in [5.41, 5.74) is 4.13. The van der Waals surface area contributed by atoms with Crippen molar-refractivity contribution in [2.24, 2.45) is 5.84 Å². The van der Waals surface area contributed by atoms with Gasteiger partial charge in [-0.15, -0.1) is 0 Å². The Morgan fingerprint density at radius 1 is 1.33 bits per heavy atom. The van der Waals surface area contributed by atoms with Crippen molar-refractivity contribution in [3.8, 4) is 5.75 Å². The van der Waals surface area contributed by atoms with Gasteiger partial charge in [-0.2, -0.15) is 0 Å². The fourth-order valence-electron chi connectivity index (χ4n) is 2.12. The van der Waals surface area contributed by atoms with Crippen molar-refractivity contribution in [1.29, 1.82) is 0 Å². The maximum absolute atomic E-state index is 14.0. The molecular formula is C15H15BrClFN2O. The fraction of sp³-hybridized carbons (Fsp3) is 0.200. The first kappa shape index (κ1) is 16.2. The van der Waals surface area contributed by atoms with E-state index in [1.54, 1.807) is 19.2 Å². The Kier molecular flexibility index (Phi) is 5.58. The number of ether oxygens (including phenoxy) is 1. The second kappa shape index (κ2) is 7.22. The van der Waals surface area contributed by atoms with Gasteiger partial charge in [0.1, 0.15) is 11.6 Å². The number of nitrogens with two attached hydrogens (primary N) is 1. The highest BCUT2D eigenvalue weighted by atomic mass is 79.9. The minimum atomic E-state index is -0.377. The predicted molar refractivity (Wildman–Crippen MR) is 85.9 cm³/mol. The number of nitrogens with one attached hydrogen (secondary N) is 1. The van der Waals surface area contributed by atoms with E-state index in [0.717, 1.165) is 15.8 Å². The fourth-order valence-corrected chi connectivity index (χ4v) is 2.86. The Hall–Kier alpha value is -1.14. The van der Waals surface area contributed by atoms with E-state index < -0.39 is 0 Å². The van der Waals surface area contributed by atoms with E-state index in [0.29, 0.717) is 17.0 Å². The summed E-state index contributed by atoms with van der Waals surface area (Å²) in [6, 6.07) is 9.92. The van der Waals surface area contributed by atoms with Crippen LogP contribution in [0.5, 0.6) is 5.75 Å². The number of hydrazine groups is 1. The van der Waals surface area contributed by atoms with Crippen molar-refractivity contribution in [2.45, 2.75) is 12.5 Å². The number of rotatable bonds is 5. The molecular weight excluding hydrogens is 359 g/mol. The van der Waals surface area contributed by atoms with E-state index in [4.69, 9.17) is 22.2 Å². The van der Waals surface area contributed by atoms with Gasteiger partial charge >= 0.3 is 0 Å². The molecule has 0 aliphatic heterocycles. The molecule has 2 aromatic carbocycles. The molecule has 2 aromatic rings. The van der Waals surface area contributed by atoms with Gasteiger partial charge in [-0.3, -0.25) is 11.3 Å². The molecule has 3 nitrogen and oxygen atoms in total. The molecule has 0 saturated heterocycles. The third kappa shape index (κ3) is 3.95. The lowest BCUT2D eigenvalue weighted by molar-refractivity contribution is 0.412. The first-order valence-electron chi connectivity index (χ1n) is 6.28. The van der Waals surface area contributed by atoms with Crippen LogP contribution in [0.2, 0.25) is 5.02 Å². The lowest BCUT2D eigenvalue weighted by Gasteiger charge is -2.18. The quantitative estimate of drug-likeness (QED) is 0.615. The van der Waals surface area contributed by atoms with Crippen molar-refractivity contribution >= 4 is 27.5 Å². The third-order valence-electron chi connectivity index (χ3n) is 3.20. The van der Waals surface area contributed by atoms with Crippen LogP contribution in [-0.4, -0.2) is 7.11 Å². The molecule has 3 N–H and O–H groups in total. The van der Waals surface area contributed by atoms with Gasteiger partial charge in [-0.05, 0) is 52.2 Å². The minimum absolute atomic E-state index is 0.345. The summed E-state index contributed by atoms with van der Waals surface area (Å²) in [6.45, 7) is 0. The molecule has 6 heteroatoms. The number of hydrogen-bond acceptors (Lipinski definition) is 3. The van der Waals surface area contributed by atoms with Gasteiger partial charge in [0.15, 0.2) is 0 Å². The molecule has 112 valence electrons. The van der Waals surface area contributed by atoms with Crippen LogP contribution in [-0.2, 0) is 6.42 Å². The second-order valence-corrected chi connectivity index (χ2v) is 5.85. The van der Waals surface area contributed by atoms with E-state index >= 15 is 0 Å². The van der Waals surface area contributed by atoms with Crippen LogP contribution in [0.1, 0.15) is 17.2 Å². The summed E-state index contributed by atoms with van der Waals surface area (Å²) in [5, 5.41) is 0.360. The van der Waals surface area contributed by atoms with Crippen molar-refractivity contribution in [1.82, 2.24) is 5.43 Å². The van der Waals surface area contributed by atoms with E-state index in [2.05, 4.69) is 21.4 Å². The topological polar surface area (TPSA) is 47.3 Å². The molecule has 0 saturated carbocycles. The van der Waals surface area contributed by atoms with Crippen molar-refractivity contribution in [3.05, 3.63) is 62.8 Å². The monoisotopic (exact) mass is 372 g/mol. The standard InChI is InChI=1S/C15H15BrClFN2O/c1-21-15-5-2-9(6-12(15)16)7-14(20-19)11-4-3-10(17)8-13(11)18/h2-6,8,14,20H,7,19H2,1H3. The van der Waals surface area contributed by atoms with Gasteiger partial charge < -0.3 is 4.74 Å². The summed E-state index contributed by atoms with van der Waals surface area (Å²) in [5.74, 6) is 5.93. The highest BCUT2D eigenvalue weighted by Crippen LogP contribution is 2.28. The van der Waals surface area contributed by atoms with Gasteiger partial charge in [0, 0.05) is 10.6 Å². The Morgan fingerprint density at radius 2 is 2.10 bits per heavy atom. The van der Waals surface area contributed by atoms with Crippen molar-refractivity contribution < 1.29 is 9.13 Å². The first-order chi connectivity index (χ1) is 10.0. The highest BCUT2D eigenvalue weighted by molar-refractivity contribution is 9.10. The van der Waals surface area contributed by atoms with E-state index in [1.807, 2.05) is 18.2 Å². The number of halogens is 3. The Balaban J connectivity index is 2.24. The zero-order chi connectivity index (χ0) is 15.4. The zero-order valence-corrected chi connectivity index (χ0v) is 13.7. The minimum Gasteiger partial charge on any atom is -0.496 e. The smallest absolute Gasteiger partial charge is 0.133 e. The number of methoxy groups -OCH3 is 1. The molecule has 0 fully saturated rings. The van der Waals surface area contributed by atoms with Crippen molar-refractivity contribution in [2.75, 3.05) is 7.11 Å². The maximum Gasteiger partial charge on any atom is 0.133 e. The highest BCUT2D eigenvalue weighted by Gasteiger charge is 2.16. The Labute approximate surface area is 136 Å². The largest absolute Gasteiger partial charge is 0.496 e. The molecule has 2 rings (SSSR count). The maximum atomic E-state index is 14.0. The van der Waals surface area contributed by atoms with Crippen LogP contribution in [0.15, 0.2) is 40.9 Å². The molecule has 0 aliphatic carbocycles. The van der Waals surface area contributed by atoms with Crippen LogP contribution in [0.4, 0.5) is 4.39 Å². The van der Waals surface area contributed by atoms with Gasteiger partial charge in [0.05, 0.1) is 17.6 Å². The van der Waals surface area contributed by atoms with Crippen LogP contribution in [0.25, 0.3) is 0 Å². The van der Waals surface area contributed by atoms with Crippen LogP contribution in [0.3, 0.4) is 0 Å². The van der Waals surface area contributed by atoms with Gasteiger partial charge in [0.2, 0.25) is 0 Å². The van der Waals surface area contributed by atoms with Gasteiger partial charge in [0.25, 0.3) is 0 Å². The molecule has 0 aromatic heterocycles. The van der Waals surface area contributed by atoms with Gasteiger partial charge in [-0.1, -0.05) is 23.7 Å². The number of hydrogen-bond donors (Lipinski definition) is 2. The average molecular weight is 374 g/mol. The molecule has 0 amide bonds. The van der Waals surface area contributed by atoms with E-state index in [-0.39, 0.29) is 11.9 Å². The summed E-state index contributed by atoms with van der Waals surface area (Å²) in [6.07, 6.45) is 0.539.